The SMILES string of the molecule is [B]C(C)C1CCC2(CCCC)CCCCC2(C)C1. The topological polar surface area (TPSA) is 0 Å². The average molecular weight is 246 g/mol. The van der Waals surface area contributed by atoms with Crippen molar-refractivity contribution in [3.63, 3.8) is 0 Å². The number of unbranched alkanes of at least 4 members (excludes halogenated alkanes) is 1. The minimum absolute atomic E-state index is 0.396. The molecule has 0 saturated heterocycles. The molecule has 0 heterocycles. The molecule has 2 aliphatic rings. The highest BCUT2D eigenvalue weighted by atomic mass is 14.6. The summed E-state index contributed by atoms with van der Waals surface area (Å²) in [4.78, 5) is 0. The summed E-state index contributed by atoms with van der Waals surface area (Å²) in [5.74, 6) is 1.18. The summed E-state index contributed by atoms with van der Waals surface area (Å²) in [5, 5.41) is 0. The van der Waals surface area contributed by atoms with Gasteiger partial charge in [0.05, 0.1) is 7.85 Å². The molecule has 0 N–H and O–H groups in total. The first-order valence-corrected chi connectivity index (χ1v) is 8.29. The Morgan fingerprint density at radius 1 is 1.22 bits per heavy atom. The molecular weight excluding hydrogens is 215 g/mol. The second-order valence-corrected chi connectivity index (χ2v) is 7.51. The molecule has 0 aromatic rings. The molecule has 0 aromatic heterocycles. The molecule has 2 rings (SSSR count). The van der Waals surface area contributed by atoms with E-state index in [1.165, 1.54) is 64.2 Å². The Morgan fingerprint density at radius 3 is 2.61 bits per heavy atom. The van der Waals surface area contributed by atoms with Crippen LogP contribution in [0.5, 0.6) is 0 Å². The minimum atomic E-state index is 0.396. The van der Waals surface area contributed by atoms with E-state index in [-0.39, 0.29) is 0 Å². The van der Waals surface area contributed by atoms with Gasteiger partial charge in [-0.25, -0.2) is 0 Å². The lowest BCUT2D eigenvalue weighted by molar-refractivity contribution is -0.0697. The Hall–Kier alpha value is 0.0649. The van der Waals surface area contributed by atoms with Crippen LogP contribution in [-0.2, 0) is 0 Å². The lowest BCUT2D eigenvalue weighted by Crippen LogP contribution is -2.47. The third-order valence-electron chi connectivity index (χ3n) is 6.37. The van der Waals surface area contributed by atoms with Gasteiger partial charge >= 0.3 is 0 Å². The van der Waals surface area contributed by atoms with Crippen molar-refractivity contribution in [3.05, 3.63) is 0 Å². The van der Waals surface area contributed by atoms with E-state index in [0.717, 1.165) is 5.92 Å². The summed E-state index contributed by atoms with van der Waals surface area (Å²) in [6, 6.07) is 0. The minimum Gasteiger partial charge on any atom is -0.0774 e. The van der Waals surface area contributed by atoms with Crippen molar-refractivity contribution in [3.8, 4) is 0 Å². The maximum absolute atomic E-state index is 6.19. The van der Waals surface area contributed by atoms with Crippen LogP contribution in [0.2, 0.25) is 5.82 Å². The van der Waals surface area contributed by atoms with Crippen molar-refractivity contribution in [2.24, 2.45) is 16.7 Å². The van der Waals surface area contributed by atoms with Gasteiger partial charge in [0.15, 0.2) is 0 Å². The van der Waals surface area contributed by atoms with E-state index in [1.807, 2.05) is 0 Å². The van der Waals surface area contributed by atoms with E-state index in [4.69, 9.17) is 7.85 Å². The Labute approximate surface area is 116 Å². The van der Waals surface area contributed by atoms with Crippen molar-refractivity contribution in [1.29, 1.82) is 0 Å². The summed E-state index contributed by atoms with van der Waals surface area (Å²) in [6.07, 6.45) is 14.4. The van der Waals surface area contributed by atoms with Crippen LogP contribution in [0.3, 0.4) is 0 Å². The molecule has 2 saturated carbocycles. The fourth-order valence-electron chi connectivity index (χ4n) is 4.95. The lowest BCUT2D eigenvalue weighted by Gasteiger charge is -2.58. The number of hydrogen-bond donors (Lipinski definition) is 0. The van der Waals surface area contributed by atoms with Crippen molar-refractivity contribution >= 4 is 7.85 Å². The molecule has 0 aliphatic heterocycles. The molecule has 1 heteroatoms. The predicted molar refractivity (Wildman–Crippen MR) is 81.1 cm³/mol. The summed E-state index contributed by atoms with van der Waals surface area (Å²) in [5.41, 5.74) is 1.27. The summed E-state index contributed by atoms with van der Waals surface area (Å²) >= 11 is 0. The molecule has 0 aromatic carbocycles. The molecule has 102 valence electrons. The maximum Gasteiger partial charge on any atom is 0.0699 e. The second kappa shape index (κ2) is 5.59. The highest BCUT2D eigenvalue weighted by molar-refractivity contribution is 6.11. The quantitative estimate of drug-likeness (QED) is 0.573. The third-order valence-corrected chi connectivity index (χ3v) is 6.37. The third kappa shape index (κ3) is 2.52. The van der Waals surface area contributed by atoms with E-state index in [2.05, 4.69) is 20.8 Å². The van der Waals surface area contributed by atoms with Crippen LogP contribution in [0.4, 0.5) is 0 Å². The van der Waals surface area contributed by atoms with Gasteiger partial charge in [0.1, 0.15) is 0 Å². The lowest BCUT2D eigenvalue weighted by atomic mass is 9.46. The van der Waals surface area contributed by atoms with E-state index in [0.29, 0.717) is 16.6 Å². The molecule has 0 bridgehead atoms. The van der Waals surface area contributed by atoms with Crippen molar-refractivity contribution < 1.29 is 0 Å². The summed E-state index contributed by atoms with van der Waals surface area (Å²) in [7, 11) is 6.19. The molecule has 4 atom stereocenters. The Kier molecular flexibility index (Phi) is 4.50. The molecule has 2 radical (unpaired) electrons. The van der Waals surface area contributed by atoms with Crippen LogP contribution in [0.1, 0.15) is 85.0 Å². The number of rotatable bonds is 4. The normalized spacial score (nSPS) is 42.3. The first-order valence-electron chi connectivity index (χ1n) is 8.29. The van der Waals surface area contributed by atoms with Crippen LogP contribution in [0.15, 0.2) is 0 Å². The van der Waals surface area contributed by atoms with E-state index in [9.17, 15) is 0 Å². The summed E-state index contributed by atoms with van der Waals surface area (Å²) in [6.45, 7) is 7.15. The van der Waals surface area contributed by atoms with Crippen molar-refractivity contribution in [2.45, 2.75) is 90.8 Å². The molecule has 0 amide bonds. The fraction of sp³-hybridized carbons (Fsp3) is 1.00. The number of fused-ring (bicyclic) bond motifs is 1. The van der Waals surface area contributed by atoms with Gasteiger partial charge in [-0.2, -0.15) is 0 Å². The largest absolute Gasteiger partial charge is 0.0774 e. The Bertz CT molecular complexity index is 273. The Morgan fingerprint density at radius 2 is 1.94 bits per heavy atom. The first-order chi connectivity index (χ1) is 8.53. The van der Waals surface area contributed by atoms with Crippen LogP contribution in [0, 0.1) is 16.7 Å². The van der Waals surface area contributed by atoms with Gasteiger partial charge in [-0.3, -0.25) is 0 Å². The van der Waals surface area contributed by atoms with Crippen molar-refractivity contribution in [1.82, 2.24) is 0 Å². The monoisotopic (exact) mass is 246 g/mol. The zero-order valence-corrected chi connectivity index (χ0v) is 12.8. The van der Waals surface area contributed by atoms with Crippen LogP contribution in [0.25, 0.3) is 0 Å². The molecule has 2 fully saturated rings. The standard InChI is InChI=1S/C17H31B/c1-4-5-10-17-11-7-6-9-16(17,3)13-15(8-12-17)14(2)18/h14-15H,4-13H2,1-3H3. The average Bonchev–Trinajstić information content (AvgIpc) is 2.35. The highest BCUT2D eigenvalue weighted by Crippen LogP contribution is 2.63. The van der Waals surface area contributed by atoms with Gasteiger partial charge in [0.25, 0.3) is 0 Å². The number of hydrogen-bond acceptors (Lipinski definition) is 0. The van der Waals surface area contributed by atoms with Gasteiger partial charge in [-0.05, 0) is 48.9 Å². The Balaban J connectivity index is 2.15. The molecule has 18 heavy (non-hydrogen) atoms. The predicted octanol–water partition coefficient (Wildman–Crippen LogP) is 5.52. The van der Waals surface area contributed by atoms with Crippen LogP contribution < -0.4 is 0 Å². The highest BCUT2D eigenvalue weighted by Gasteiger charge is 2.52. The van der Waals surface area contributed by atoms with E-state index in [1.54, 1.807) is 0 Å². The smallest absolute Gasteiger partial charge is 0.0699 e. The van der Waals surface area contributed by atoms with Gasteiger partial charge in [-0.1, -0.05) is 58.7 Å². The van der Waals surface area contributed by atoms with Gasteiger partial charge in [0, 0.05) is 0 Å². The van der Waals surface area contributed by atoms with E-state index < -0.39 is 0 Å². The van der Waals surface area contributed by atoms with Gasteiger partial charge in [-0.15, -0.1) is 0 Å². The zero-order valence-electron chi connectivity index (χ0n) is 12.8. The first kappa shape index (κ1) is 14.5. The van der Waals surface area contributed by atoms with Gasteiger partial charge in [0.2, 0.25) is 0 Å². The maximum atomic E-state index is 6.19. The molecule has 0 spiro atoms. The molecular formula is C17H31B. The zero-order chi connectivity index (χ0) is 13.2. The van der Waals surface area contributed by atoms with E-state index >= 15 is 0 Å². The van der Waals surface area contributed by atoms with Crippen LogP contribution in [-0.4, -0.2) is 7.85 Å². The molecule has 2 aliphatic carbocycles. The van der Waals surface area contributed by atoms with Gasteiger partial charge < -0.3 is 0 Å². The fourth-order valence-corrected chi connectivity index (χ4v) is 4.95. The molecule has 0 nitrogen and oxygen atoms in total. The second-order valence-electron chi connectivity index (χ2n) is 7.51. The molecule has 4 unspecified atom stereocenters. The summed E-state index contributed by atoms with van der Waals surface area (Å²) < 4.78 is 0. The van der Waals surface area contributed by atoms with Crippen molar-refractivity contribution in [2.75, 3.05) is 0 Å². The van der Waals surface area contributed by atoms with Crippen LogP contribution >= 0.6 is 0 Å².